The molecule has 5 atom stereocenters. The van der Waals surface area contributed by atoms with Crippen LogP contribution in [0.4, 0.5) is 0 Å². The molecule has 7 heteroatoms. The zero-order valence-corrected chi connectivity index (χ0v) is 7.59. The molecule has 0 aromatic heterocycles. The van der Waals surface area contributed by atoms with Gasteiger partial charge in [0.05, 0.1) is 12.6 Å². The molecule has 1 heterocycles. The lowest BCUT2D eigenvalue weighted by atomic mass is 9.98. The molecule has 0 radical (unpaired) electrons. The summed E-state index contributed by atoms with van der Waals surface area (Å²) in [4.78, 5) is 0. The van der Waals surface area contributed by atoms with Crippen LogP contribution in [-0.2, 0) is 4.74 Å². The lowest BCUT2D eigenvalue weighted by Gasteiger charge is -2.38. The van der Waals surface area contributed by atoms with Gasteiger partial charge in [-0.3, -0.25) is 0 Å². The fourth-order valence-electron chi connectivity index (χ4n) is 1.12. The summed E-state index contributed by atoms with van der Waals surface area (Å²) in [7, 11) is 0. The largest absolute Gasteiger partial charge is 0.394 e. The van der Waals surface area contributed by atoms with Crippen LogP contribution < -0.4 is 5.73 Å². The van der Waals surface area contributed by atoms with Gasteiger partial charge in [0.15, 0.2) is 6.29 Å². The first kappa shape index (κ1) is 13.1. The Hall–Kier alpha value is 0.0500. The van der Waals surface area contributed by atoms with Crippen molar-refractivity contribution in [1.82, 2.24) is 0 Å². The van der Waals surface area contributed by atoms with Gasteiger partial charge in [-0.2, -0.15) is 0 Å². The molecular weight excluding hydrogens is 202 g/mol. The lowest BCUT2D eigenvalue weighted by Crippen LogP contribution is -2.61. The number of ether oxygens (including phenoxy) is 1. The van der Waals surface area contributed by atoms with Gasteiger partial charge in [0.2, 0.25) is 0 Å². The molecule has 1 fully saturated rings. The SMILES string of the molecule is Cl.NC1C(O)OC(CO)[C@H](O)[C@H]1O. The Labute approximate surface area is 81.3 Å². The second-order valence-corrected chi connectivity index (χ2v) is 2.81. The zero-order valence-electron chi connectivity index (χ0n) is 6.78. The molecule has 0 aliphatic carbocycles. The molecule has 6 N–H and O–H groups in total. The van der Waals surface area contributed by atoms with E-state index in [9.17, 15) is 10.2 Å². The maximum Gasteiger partial charge on any atom is 0.173 e. The van der Waals surface area contributed by atoms with E-state index in [4.69, 9.17) is 20.7 Å². The van der Waals surface area contributed by atoms with Crippen LogP contribution in [0.15, 0.2) is 0 Å². The number of rotatable bonds is 1. The molecule has 0 saturated carbocycles. The van der Waals surface area contributed by atoms with E-state index in [0.29, 0.717) is 0 Å². The summed E-state index contributed by atoms with van der Waals surface area (Å²) in [5.41, 5.74) is 5.26. The highest BCUT2D eigenvalue weighted by Crippen LogP contribution is 2.17. The van der Waals surface area contributed by atoms with Crippen molar-refractivity contribution in [1.29, 1.82) is 0 Å². The van der Waals surface area contributed by atoms with Gasteiger partial charge in [0.25, 0.3) is 0 Å². The van der Waals surface area contributed by atoms with Crippen LogP contribution in [0.1, 0.15) is 0 Å². The van der Waals surface area contributed by atoms with Crippen molar-refractivity contribution in [3.05, 3.63) is 0 Å². The number of aliphatic hydroxyl groups excluding tert-OH is 4. The van der Waals surface area contributed by atoms with Crippen molar-refractivity contribution in [2.75, 3.05) is 6.61 Å². The zero-order chi connectivity index (χ0) is 9.30. The highest BCUT2D eigenvalue weighted by atomic mass is 35.5. The summed E-state index contributed by atoms with van der Waals surface area (Å²) in [6.07, 6.45) is -4.85. The van der Waals surface area contributed by atoms with Crippen molar-refractivity contribution in [3.8, 4) is 0 Å². The third kappa shape index (κ3) is 2.50. The first-order valence-electron chi connectivity index (χ1n) is 3.64. The molecule has 13 heavy (non-hydrogen) atoms. The number of nitrogens with two attached hydrogens (primary N) is 1. The smallest absolute Gasteiger partial charge is 0.173 e. The third-order valence-electron chi connectivity index (χ3n) is 1.95. The molecular formula is C6H14ClNO5. The average molecular weight is 216 g/mol. The highest BCUT2D eigenvalue weighted by Gasteiger charge is 2.41. The van der Waals surface area contributed by atoms with Gasteiger partial charge in [-0.25, -0.2) is 0 Å². The van der Waals surface area contributed by atoms with E-state index in [-0.39, 0.29) is 12.4 Å². The Balaban J connectivity index is 0.00000144. The summed E-state index contributed by atoms with van der Waals surface area (Å²) in [6.45, 7) is -0.470. The van der Waals surface area contributed by atoms with Crippen LogP contribution in [0.25, 0.3) is 0 Å². The second-order valence-electron chi connectivity index (χ2n) is 2.81. The monoisotopic (exact) mass is 215 g/mol. The highest BCUT2D eigenvalue weighted by molar-refractivity contribution is 5.85. The van der Waals surface area contributed by atoms with E-state index in [2.05, 4.69) is 0 Å². The molecule has 1 aliphatic heterocycles. The molecule has 0 amide bonds. The molecule has 3 unspecified atom stereocenters. The number of aliphatic hydroxyl groups is 4. The van der Waals surface area contributed by atoms with Crippen molar-refractivity contribution in [2.45, 2.75) is 30.6 Å². The minimum atomic E-state index is -1.35. The topological polar surface area (TPSA) is 116 Å². The summed E-state index contributed by atoms with van der Waals surface area (Å²) in [6, 6.07) is -1.04. The maximum absolute atomic E-state index is 9.20. The van der Waals surface area contributed by atoms with Gasteiger partial charge in [0, 0.05) is 0 Å². The van der Waals surface area contributed by atoms with Crippen molar-refractivity contribution < 1.29 is 25.2 Å². The molecule has 6 nitrogen and oxygen atoms in total. The van der Waals surface area contributed by atoms with Gasteiger partial charge in [-0.1, -0.05) is 0 Å². The predicted octanol–water partition coefficient (Wildman–Crippen LogP) is -2.83. The van der Waals surface area contributed by atoms with E-state index >= 15 is 0 Å². The van der Waals surface area contributed by atoms with E-state index in [1.54, 1.807) is 0 Å². The van der Waals surface area contributed by atoms with E-state index in [1.165, 1.54) is 0 Å². The van der Waals surface area contributed by atoms with Gasteiger partial charge in [-0.05, 0) is 0 Å². The Morgan fingerprint density at radius 3 is 2.15 bits per heavy atom. The van der Waals surface area contributed by atoms with Crippen LogP contribution in [0.5, 0.6) is 0 Å². The Bertz CT molecular complexity index is 155. The quantitative estimate of drug-likeness (QED) is 0.322. The molecule has 80 valence electrons. The summed E-state index contributed by atoms with van der Waals surface area (Å²) >= 11 is 0. The minimum absolute atomic E-state index is 0. The van der Waals surface area contributed by atoms with Gasteiger partial charge in [0.1, 0.15) is 18.3 Å². The van der Waals surface area contributed by atoms with E-state index in [0.717, 1.165) is 0 Å². The Morgan fingerprint density at radius 1 is 1.15 bits per heavy atom. The number of hydrogen-bond acceptors (Lipinski definition) is 6. The number of hydrogen-bond donors (Lipinski definition) is 5. The Morgan fingerprint density at radius 2 is 1.69 bits per heavy atom. The fourth-order valence-corrected chi connectivity index (χ4v) is 1.12. The van der Waals surface area contributed by atoms with Crippen molar-refractivity contribution in [2.24, 2.45) is 5.73 Å². The molecule has 1 aliphatic rings. The third-order valence-corrected chi connectivity index (χ3v) is 1.95. The molecule has 0 bridgehead atoms. The fraction of sp³-hybridized carbons (Fsp3) is 1.00. The van der Waals surface area contributed by atoms with Crippen LogP contribution in [0.3, 0.4) is 0 Å². The van der Waals surface area contributed by atoms with Crippen LogP contribution >= 0.6 is 12.4 Å². The van der Waals surface area contributed by atoms with Gasteiger partial charge >= 0.3 is 0 Å². The minimum Gasteiger partial charge on any atom is -0.394 e. The number of halogens is 1. The van der Waals surface area contributed by atoms with Gasteiger partial charge in [-0.15, -0.1) is 12.4 Å². The normalized spacial score (nSPS) is 45.5. The van der Waals surface area contributed by atoms with Crippen LogP contribution in [0.2, 0.25) is 0 Å². The predicted molar refractivity (Wildman–Crippen MR) is 45.2 cm³/mol. The van der Waals surface area contributed by atoms with Crippen LogP contribution in [0, 0.1) is 0 Å². The molecule has 0 aromatic carbocycles. The lowest BCUT2D eigenvalue weighted by molar-refractivity contribution is -0.248. The van der Waals surface area contributed by atoms with Crippen LogP contribution in [-0.4, -0.2) is 57.7 Å². The maximum atomic E-state index is 9.20. The summed E-state index contributed by atoms with van der Waals surface area (Å²) in [5.74, 6) is 0. The first-order valence-corrected chi connectivity index (χ1v) is 3.64. The summed E-state index contributed by atoms with van der Waals surface area (Å²) < 4.78 is 4.70. The van der Waals surface area contributed by atoms with E-state index < -0.39 is 37.3 Å². The Kier molecular flexibility index (Phi) is 5.08. The second kappa shape index (κ2) is 5.06. The molecule has 0 aromatic rings. The molecule has 1 rings (SSSR count). The van der Waals surface area contributed by atoms with E-state index in [1.807, 2.05) is 0 Å². The molecule has 0 spiro atoms. The summed E-state index contributed by atoms with van der Waals surface area (Å²) in [5, 5.41) is 36.1. The standard InChI is InChI=1S/C6H13NO5.ClH/c7-3-5(10)4(9)2(1-8)12-6(3)11;/h2-6,8-11H,1,7H2;1H/t2?,3?,4-,5-,6?;/m0./s1. The molecule has 1 saturated heterocycles. The average Bonchev–Trinajstić information content (AvgIpc) is 2.08. The van der Waals surface area contributed by atoms with Crippen molar-refractivity contribution in [3.63, 3.8) is 0 Å². The van der Waals surface area contributed by atoms with Gasteiger partial charge < -0.3 is 30.9 Å². The van der Waals surface area contributed by atoms with Crippen molar-refractivity contribution >= 4 is 12.4 Å². The first-order chi connectivity index (χ1) is 5.57.